The lowest BCUT2D eigenvalue weighted by Crippen LogP contribution is -2.44. The van der Waals surface area contributed by atoms with Crippen molar-refractivity contribution in [3.8, 4) is 11.8 Å². The minimum absolute atomic E-state index is 0.0277. The maximum Gasteiger partial charge on any atom is 0.259 e. The van der Waals surface area contributed by atoms with E-state index in [0.717, 1.165) is 70.3 Å². The summed E-state index contributed by atoms with van der Waals surface area (Å²) in [6, 6.07) is 14.3. The van der Waals surface area contributed by atoms with E-state index in [1.807, 2.05) is 0 Å². The van der Waals surface area contributed by atoms with E-state index < -0.39 is 8.53 Å². The number of para-hydroxylation sites is 1. The fourth-order valence-electron chi connectivity index (χ4n) is 9.01. The molecule has 3 unspecified atom stereocenters. The average molecular weight is 701 g/mol. The number of unbranched alkanes of at least 4 members (excludes halogenated alkanes) is 2. The summed E-state index contributed by atoms with van der Waals surface area (Å²) in [7, 11) is -1.19. The molecule has 0 spiro atoms. The third-order valence-corrected chi connectivity index (χ3v) is 13.2. The standard InChI is InChI=1S/C42H61N4O3P/c1-30(2)46(31(3)4)50(48-24-14-20-43)47-23-12-8-11-19-42(7)27-34-26-33-25-32-15-13-22-45-29-41(5,6)28-35(39(32)45)40(33)49-38(34)18-21-44-37-17-10-9-16-36(37)42/h9-10,16-17,25-26,30-31,38,44H,8,11-15,18-19,21-24,27-29H2,1-7H3. The Morgan fingerprint density at radius 1 is 1.06 bits per heavy atom. The van der Waals surface area contributed by atoms with Gasteiger partial charge in [-0.05, 0) is 112 Å². The highest BCUT2D eigenvalue weighted by atomic mass is 31.2. The van der Waals surface area contributed by atoms with Gasteiger partial charge in [0.15, 0.2) is 0 Å². The Hall–Kier alpha value is -2.62. The van der Waals surface area contributed by atoms with E-state index >= 15 is 0 Å². The van der Waals surface area contributed by atoms with Crippen molar-refractivity contribution in [2.24, 2.45) is 5.41 Å². The number of anilines is 2. The second-order valence-corrected chi connectivity index (χ2v) is 18.1. The van der Waals surface area contributed by atoms with Crippen LogP contribution in [0, 0.1) is 16.7 Å². The number of hydrogen-bond donors (Lipinski definition) is 1. The first-order valence-corrected chi connectivity index (χ1v) is 20.5. The second kappa shape index (κ2) is 16.0. The van der Waals surface area contributed by atoms with Crippen LogP contribution in [-0.2, 0) is 27.3 Å². The van der Waals surface area contributed by atoms with E-state index in [4.69, 9.17) is 19.0 Å². The molecule has 7 nitrogen and oxygen atoms in total. The molecule has 0 fully saturated rings. The minimum atomic E-state index is -1.19. The summed E-state index contributed by atoms with van der Waals surface area (Å²) >= 11 is 0. The Labute approximate surface area is 303 Å². The van der Waals surface area contributed by atoms with E-state index in [9.17, 15) is 0 Å². The number of ether oxygens (including phenoxy) is 1. The first-order valence-electron chi connectivity index (χ1n) is 19.3. The van der Waals surface area contributed by atoms with Crippen LogP contribution in [0.5, 0.6) is 5.75 Å². The van der Waals surface area contributed by atoms with E-state index in [2.05, 4.69) is 106 Å². The Morgan fingerprint density at radius 2 is 1.84 bits per heavy atom. The first kappa shape index (κ1) is 37.1. The van der Waals surface area contributed by atoms with E-state index in [1.54, 1.807) is 0 Å². The highest BCUT2D eigenvalue weighted by Gasteiger charge is 2.40. The zero-order chi connectivity index (χ0) is 35.5. The van der Waals surface area contributed by atoms with Crippen molar-refractivity contribution in [1.29, 1.82) is 5.26 Å². The number of nitrogens with one attached hydrogen (secondary N) is 1. The fourth-order valence-corrected chi connectivity index (χ4v) is 10.6. The number of aryl methyl sites for hydroxylation is 1. The smallest absolute Gasteiger partial charge is 0.259 e. The van der Waals surface area contributed by atoms with Gasteiger partial charge >= 0.3 is 0 Å². The molecule has 272 valence electrons. The second-order valence-electron chi connectivity index (χ2n) is 16.7. The molecule has 6 rings (SSSR count). The van der Waals surface area contributed by atoms with Crippen LogP contribution >= 0.6 is 8.53 Å². The molecule has 0 bridgehead atoms. The van der Waals surface area contributed by atoms with Crippen LogP contribution < -0.4 is 15.0 Å². The number of fused-ring (bicyclic) bond motifs is 4. The van der Waals surface area contributed by atoms with E-state index in [1.165, 1.54) is 52.0 Å². The molecule has 3 atom stereocenters. The first-order chi connectivity index (χ1) is 24.0. The lowest BCUT2D eigenvalue weighted by atomic mass is 9.71. The highest BCUT2D eigenvalue weighted by Crippen LogP contribution is 2.51. The maximum absolute atomic E-state index is 9.05. The zero-order valence-corrected chi connectivity index (χ0v) is 32.7. The monoisotopic (exact) mass is 700 g/mol. The zero-order valence-electron chi connectivity index (χ0n) is 31.8. The van der Waals surface area contributed by atoms with Crippen LogP contribution in [0.15, 0.2) is 35.9 Å². The lowest BCUT2D eigenvalue weighted by Gasteiger charge is -2.46. The van der Waals surface area contributed by atoms with Gasteiger partial charge in [-0.2, -0.15) is 5.26 Å². The molecular formula is C42H61N4O3P. The van der Waals surface area contributed by atoms with Crippen LogP contribution in [0.25, 0.3) is 6.08 Å². The van der Waals surface area contributed by atoms with Gasteiger partial charge in [0.1, 0.15) is 11.9 Å². The van der Waals surface area contributed by atoms with Gasteiger partial charge in [-0.1, -0.05) is 51.8 Å². The normalized spacial score (nSPS) is 22.9. The van der Waals surface area contributed by atoms with Crippen LogP contribution in [-0.4, -0.2) is 55.7 Å². The molecule has 0 saturated carbocycles. The summed E-state index contributed by atoms with van der Waals surface area (Å²) in [5, 5.41) is 12.9. The molecule has 0 aromatic heterocycles. The SMILES string of the molecule is CC(C)N(C(C)C)P(OCCC#N)OCCCCCC1(C)CC2=Cc3cc4c5c(c3OC2CCNc2ccccc21)CC(C)(C)CN5CCC4. The van der Waals surface area contributed by atoms with Crippen LogP contribution in [0.4, 0.5) is 11.4 Å². The highest BCUT2D eigenvalue weighted by molar-refractivity contribution is 7.44. The number of hydrogen-bond acceptors (Lipinski definition) is 7. The molecule has 4 heterocycles. The van der Waals surface area contributed by atoms with Gasteiger partial charge in [0, 0.05) is 60.6 Å². The number of nitriles is 1. The van der Waals surface area contributed by atoms with Crippen molar-refractivity contribution in [1.82, 2.24) is 4.67 Å². The molecule has 0 aliphatic carbocycles. The van der Waals surface area contributed by atoms with Crippen LogP contribution in [0.2, 0.25) is 0 Å². The van der Waals surface area contributed by atoms with Gasteiger partial charge in [0.25, 0.3) is 8.53 Å². The van der Waals surface area contributed by atoms with Crippen molar-refractivity contribution in [2.75, 3.05) is 43.1 Å². The van der Waals surface area contributed by atoms with Crippen molar-refractivity contribution in [3.05, 3.63) is 58.2 Å². The predicted molar refractivity (Wildman–Crippen MR) is 208 cm³/mol. The molecule has 50 heavy (non-hydrogen) atoms. The molecule has 2 aromatic carbocycles. The summed E-state index contributed by atoms with van der Waals surface area (Å²) in [5.74, 6) is 1.15. The fraction of sp³-hybridized carbons (Fsp3) is 0.643. The van der Waals surface area contributed by atoms with Crippen LogP contribution in [0.3, 0.4) is 0 Å². The number of nitrogens with zero attached hydrogens (tertiary/aromatic N) is 3. The number of benzene rings is 2. The quantitative estimate of drug-likeness (QED) is 0.165. The topological polar surface area (TPSA) is 70.0 Å². The van der Waals surface area contributed by atoms with Gasteiger partial charge in [-0.25, -0.2) is 4.67 Å². The summed E-state index contributed by atoms with van der Waals surface area (Å²) in [5.41, 5.74) is 10.1. The van der Waals surface area contributed by atoms with Gasteiger partial charge in [-0.15, -0.1) is 0 Å². The number of rotatable bonds is 13. The maximum atomic E-state index is 9.05. The van der Waals surface area contributed by atoms with Gasteiger partial charge in [-0.3, -0.25) is 0 Å². The van der Waals surface area contributed by atoms with E-state index in [-0.39, 0.29) is 16.9 Å². The Bertz CT molecular complexity index is 1560. The summed E-state index contributed by atoms with van der Waals surface area (Å²) in [6.45, 7) is 20.3. The largest absolute Gasteiger partial charge is 0.485 e. The molecule has 0 amide bonds. The van der Waals surface area contributed by atoms with Gasteiger partial charge in [0.05, 0.1) is 25.7 Å². The van der Waals surface area contributed by atoms with Crippen molar-refractivity contribution in [3.63, 3.8) is 0 Å². The molecule has 2 aromatic rings. The summed E-state index contributed by atoms with van der Waals surface area (Å²) in [6.07, 6.45) is 12.7. The van der Waals surface area contributed by atoms with Gasteiger partial charge < -0.3 is 24.0 Å². The Kier molecular flexibility index (Phi) is 11.9. The molecular weight excluding hydrogens is 639 g/mol. The predicted octanol–water partition coefficient (Wildman–Crippen LogP) is 10.2. The van der Waals surface area contributed by atoms with Crippen molar-refractivity contribution in [2.45, 2.75) is 136 Å². The molecule has 8 heteroatoms. The Balaban J connectivity index is 1.19. The minimum Gasteiger partial charge on any atom is -0.485 e. The van der Waals surface area contributed by atoms with Crippen molar-refractivity contribution >= 4 is 26.0 Å². The molecule has 0 saturated heterocycles. The third-order valence-electron chi connectivity index (χ3n) is 11.1. The molecule has 0 radical (unpaired) electrons. The average Bonchev–Trinajstić information content (AvgIpc) is 3.11. The third kappa shape index (κ3) is 8.20. The van der Waals surface area contributed by atoms with E-state index in [0.29, 0.717) is 31.7 Å². The lowest BCUT2D eigenvalue weighted by molar-refractivity contribution is 0.174. The summed E-state index contributed by atoms with van der Waals surface area (Å²) in [4.78, 5) is 2.65. The van der Waals surface area contributed by atoms with Crippen molar-refractivity contribution < 1.29 is 13.8 Å². The summed E-state index contributed by atoms with van der Waals surface area (Å²) < 4.78 is 22.0. The molecule has 1 N–H and O–H groups in total. The van der Waals surface area contributed by atoms with Gasteiger partial charge in [0.2, 0.25) is 0 Å². The molecule has 4 aliphatic heterocycles. The van der Waals surface area contributed by atoms with Crippen LogP contribution in [0.1, 0.15) is 122 Å². The Morgan fingerprint density at radius 3 is 2.62 bits per heavy atom. The molecule has 4 aliphatic rings.